The Morgan fingerprint density at radius 2 is 1.76 bits per heavy atom. The molecule has 1 heterocycles. The van der Waals surface area contributed by atoms with Crippen LogP contribution in [0.3, 0.4) is 0 Å². The van der Waals surface area contributed by atoms with Crippen LogP contribution in [-0.4, -0.2) is 35.4 Å². The molecule has 25 heavy (non-hydrogen) atoms. The molecule has 0 aliphatic carbocycles. The molecule has 2 aromatic rings. The molecule has 0 radical (unpaired) electrons. The lowest BCUT2D eigenvalue weighted by Gasteiger charge is -2.21. The molecule has 1 aromatic carbocycles. The second-order valence-electron chi connectivity index (χ2n) is 6.51. The van der Waals surface area contributed by atoms with Crippen molar-refractivity contribution >= 4 is 15.9 Å². The molecule has 1 atom stereocenters. The molecule has 0 fully saturated rings. The van der Waals surface area contributed by atoms with Gasteiger partial charge in [-0.1, -0.05) is 31.2 Å². The third kappa shape index (κ3) is 4.64. The van der Waals surface area contributed by atoms with Gasteiger partial charge in [-0.05, 0) is 31.9 Å². The fourth-order valence-electron chi connectivity index (χ4n) is 2.46. The Balaban J connectivity index is 2.30. The highest BCUT2D eigenvalue weighted by atomic mass is 32.2. The molecule has 1 aromatic heterocycles. The summed E-state index contributed by atoms with van der Waals surface area (Å²) in [6.45, 7) is 7.67. The van der Waals surface area contributed by atoms with Crippen LogP contribution in [0.5, 0.6) is 0 Å². The van der Waals surface area contributed by atoms with E-state index in [9.17, 15) is 13.2 Å². The first-order valence-corrected chi connectivity index (χ1v) is 9.49. The van der Waals surface area contributed by atoms with Gasteiger partial charge < -0.3 is 5.32 Å². The van der Waals surface area contributed by atoms with E-state index < -0.39 is 16.1 Å². The number of benzene rings is 1. The van der Waals surface area contributed by atoms with Crippen LogP contribution in [0.1, 0.15) is 33.7 Å². The van der Waals surface area contributed by atoms with Gasteiger partial charge in [-0.2, -0.15) is 0 Å². The zero-order valence-electron chi connectivity index (χ0n) is 14.7. The molecule has 9 heteroatoms. The molecule has 0 spiro atoms. The Labute approximate surface area is 147 Å². The fourth-order valence-corrected chi connectivity index (χ4v) is 2.97. The molecular formula is C16H23N5O3S. The molecule has 3 N–H and O–H groups in total. The van der Waals surface area contributed by atoms with Gasteiger partial charge in [0.1, 0.15) is 11.7 Å². The van der Waals surface area contributed by atoms with Crippen molar-refractivity contribution in [3.63, 3.8) is 0 Å². The van der Waals surface area contributed by atoms with E-state index in [0.717, 1.165) is 0 Å². The third-order valence-electron chi connectivity index (χ3n) is 3.60. The van der Waals surface area contributed by atoms with Gasteiger partial charge in [0.05, 0.1) is 11.1 Å². The van der Waals surface area contributed by atoms with Crippen LogP contribution in [0.2, 0.25) is 0 Å². The quantitative estimate of drug-likeness (QED) is 0.800. The SMILES string of the molecule is CC(C)NC(=O)[C@H](C(C)C)n1cc(-c2ccc(S(N)(=O)=O)cc2)nn1. The Hall–Kier alpha value is -2.26. The van der Waals surface area contributed by atoms with E-state index in [0.29, 0.717) is 11.3 Å². The van der Waals surface area contributed by atoms with Crippen molar-refractivity contribution in [2.45, 2.75) is 44.7 Å². The molecule has 1 amide bonds. The number of hydrogen-bond acceptors (Lipinski definition) is 5. The van der Waals surface area contributed by atoms with Crippen molar-refractivity contribution < 1.29 is 13.2 Å². The third-order valence-corrected chi connectivity index (χ3v) is 4.53. The van der Waals surface area contributed by atoms with E-state index in [1.807, 2.05) is 27.7 Å². The first-order chi connectivity index (χ1) is 11.6. The number of primary sulfonamides is 1. The van der Waals surface area contributed by atoms with Crippen LogP contribution in [0.4, 0.5) is 0 Å². The van der Waals surface area contributed by atoms with Gasteiger partial charge in [0.2, 0.25) is 15.9 Å². The van der Waals surface area contributed by atoms with E-state index in [1.54, 1.807) is 18.3 Å². The Morgan fingerprint density at radius 3 is 2.24 bits per heavy atom. The second kappa shape index (κ2) is 7.32. The van der Waals surface area contributed by atoms with Gasteiger partial charge in [-0.3, -0.25) is 4.79 Å². The number of rotatable bonds is 6. The average molecular weight is 365 g/mol. The number of hydrogen-bond donors (Lipinski definition) is 2. The predicted octanol–water partition coefficient (Wildman–Crippen LogP) is 1.31. The summed E-state index contributed by atoms with van der Waals surface area (Å²) in [6.07, 6.45) is 1.68. The topological polar surface area (TPSA) is 120 Å². The molecule has 0 bridgehead atoms. The van der Waals surface area contributed by atoms with Crippen molar-refractivity contribution in [2.24, 2.45) is 11.1 Å². The maximum absolute atomic E-state index is 12.4. The smallest absolute Gasteiger partial charge is 0.245 e. The first kappa shape index (κ1) is 19.1. The van der Waals surface area contributed by atoms with E-state index >= 15 is 0 Å². The molecule has 0 saturated carbocycles. The van der Waals surface area contributed by atoms with E-state index in [1.165, 1.54) is 16.8 Å². The number of amides is 1. The molecule has 136 valence electrons. The van der Waals surface area contributed by atoms with Crippen LogP contribution < -0.4 is 10.5 Å². The summed E-state index contributed by atoms with van der Waals surface area (Å²) in [5, 5.41) is 16.2. The van der Waals surface area contributed by atoms with Crippen molar-refractivity contribution in [1.29, 1.82) is 0 Å². The Bertz CT molecular complexity index is 841. The summed E-state index contributed by atoms with van der Waals surface area (Å²) in [6, 6.07) is 5.58. The Kier molecular flexibility index (Phi) is 5.58. The van der Waals surface area contributed by atoms with E-state index in [-0.39, 0.29) is 22.8 Å². The van der Waals surface area contributed by atoms with Gasteiger partial charge in [0.15, 0.2) is 0 Å². The molecule has 0 aliphatic heterocycles. The van der Waals surface area contributed by atoms with Gasteiger partial charge in [0, 0.05) is 11.6 Å². The molecule has 8 nitrogen and oxygen atoms in total. The van der Waals surface area contributed by atoms with Crippen LogP contribution in [-0.2, 0) is 14.8 Å². The molecule has 0 unspecified atom stereocenters. The molecule has 0 saturated heterocycles. The van der Waals surface area contributed by atoms with Crippen LogP contribution in [0.25, 0.3) is 11.3 Å². The van der Waals surface area contributed by atoms with Crippen LogP contribution in [0.15, 0.2) is 35.4 Å². The largest absolute Gasteiger partial charge is 0.352 e. The van der Waals surface area contributed by atoms with Gasteiger partial charge in [-0.25, -0.2) is 18.2 Å². The number of carbonyl (C=O) groups excluding carboxylic acids is 1. The van der Waals surface area contributed by atoms with Crippen molar-refractivity contribution in [3.05, 3.63) is 30.5 Å². The lowest BCUT2D eigenvalue weighted by atomic mass is 10.0. The molecular weight excluding hydrogens is 342 g/mol. The van der Waals surface area contributed by atoms with Gasteiger partial charge >= 0.3 is 0 Å². The average Bonchev–Trinajstić information content (AvgIpc) is 2.94. The summed E-state index contributed by atoms with van der Waals surface area (Å²) in [7, 11) is -3.74. The number of nitrogens with one attached hydrogen (secondary N) is 1. The van der Waals surface area contributed by atoms with Crippen molar-refractivity contribution in [3.8, 4) is 11.3 Å². The number of nitrogens with zero attached hydrogens (tertiary/aromatic N) is 3. The summed E-state index contributed by atoms with van der Waals surface area (Å²) in [5.74, 6) is -0.0934. The minimum atomic E-state index is -3.74. The van der Waals surface area contributed by atoms with Crippen LogP contribution in [0, 0.1) is 5.92 Å². The maximum Gasteiger partial charge on any atom is 0.245 e. The maximum atomic E-state index is 12.4. The summed E-state index contributed by atoms with van der Waals surface area (Å²) < 4.78 is 24.2. The molecule has 2 rings (SSSR count). The number of carbonyl (C=O) groups is 1. The summed E-state index contributed by atoms with van der Waals surface area (Å²) in [5.41, 5.74) is 1.23. The van der Waals surface area contributed by atoms with E-state index in [4.69, 9.17) is 5.14 Å². The summed E-state index contributed by atoms with van der Waals surface area (Å²) >= 11 is 0. The van der Waals surface area contributed by atoms with Gasteiger partial charge in [0.25, 0.3) is 0 Å². The van der Waals surface area contributed by atoms with Crippen LogP contribution >= 0.6 is 0 Å². The lowest BCUT2D eigenvalue weighted by molar-refractivity contribution is -0.126. The highest BCUT2D eigenvalue weighted by molar-refractivity contribution is 7.89. The minimum Gasteiger partial charge on any atom is -0.352 e. The predicted molar refractivity (Wildman–Crippen MR) is 94.0 cm³/mol. The monoisotopic (exact) mass is 365 g/mol. The number of aromatic nitrogens is 3. The zero-order valence-corrected chi connectivity index (χ0v) is 15.5. The number of nitrogens with two attached hydrogens (primary N) is 1. The second-order valence-corrected chi connectivity index (χ2v) is 8.07. The normalized spacial score (nSPS) is 13.2. The number of sulfonamides is 1. The highest BCUT2D eigenvalue weighted by Gasteiger charge is 2.26. The van der Waals surface area contributed by atoms with Crippen molar-refractivity contribution in [1.82, 2.24) is 20.3 Å². The standard InChI is InChI=1S/C16H23N5O3S/c1-10(2)15(16(22)18-11(3)4)21-9-14(19-20-21)12-5-7-13(8-6-12)25(17,23)24/h5-11,15H,1-4H3,(H,18,22)(H2,17,23,24)/t15-/m0/s1. The fraction of sp³-hybridized carbons (Fsp3) is 0.438. The molecule has 0 aliphatic rings. The Morgan fingerprint density at radius 1 is 1.16 bits per heavy atom. The van der Waals surface area contributed by atoms with E-state index in [2.05, 4.69) is 15.6 Å². The minimum absolute atomic E-state index is 0.0260. The first-order valence-electron chi connectivity index (χ1n) is 7.95. The zero-order chi connectivity index (χ0) is 18.8. The lowest BCUT2D eigenvalue weighted by Crippen LogP contribution is -2.39. The van der Waals surface area contributed by atoms with Crippen molar-refractivity contribution in [2.75, 3.05) is 0 Å². The highest BCUT2D eigenvalue weighted by Crippen LogP contribution is 2.22. The van der Waals surface area contributed by atoms with Gasteiger partial charge in [-0.15, -0.1) is 5.10 Å². The summed E-state index contributed by atoms with van der Waals surface area (Å²) in [4.78, 5) is 12.4.